The van der Waals surface area contributed by atoms with Crippen LogP contribution in [-0.2, 0) is 6.54 Å². The highest BCUT2D eigenvalue weighted by molar-refractivity contribution is 9.10. The maximum atomic E-state index is 12.1. The monoisotopic (exact) mass is 308 g/mol. The number of amides is 1. The Morgan fingerprint density at radius 2 is 2.06 bits per heavy atom. The second-order valence-electron chi connectivity index (χ2n) is 4.01. The third kappa shape index (κ3) is 2.95. The molecule has 6 heteroatoms. The summed E-state index contributed by atoms with van der Waals surface area (Å²) in [4.78, 5) is 17.9. The Morgan fingerprint density at radius 1 is 1.39 bits per heavy atom. The fraction of sp³-hybridized carbons (Fsp3) is 0.250. The van der Waals surface area contributed by atoms with E-state index in [1.54, 1.807) is 24.1 Å². The average molecular weight is 309 g/mol. The van der Waals surface area contributed by atoms with E-state index in [9.17, 15) is 4.79 Å². The second-order valence-corrected chi connectivity index (χ2v) is 4.92. The molecule has 0 saturated carbocycles. The van der Waals surface area contributed by atoms with Crippen LogP contribution in [0.25, 0.3) is 0 Å². The molecule has 1 aromatic heterocycles. The largest absolute Gasteiger partial charge is 0.334 e. The number of hydrogen-bond donors (Lipinski definition) is 1. The van der Waals surface area contributed by atoms with Gasteiger partial charge in [-0.1, -0.05) is 15.9 Å². The number of nitrogens with one attached hydrogen (secondary N) is 1. The number of carbonyl (C=O) groups is 1. The number of aromatic nitrogens is 3. The first kappa shape index (κ1) is 12.8. The molecule has 0 saturated heterocycles. The molecule has 0 spiro atoms. The SMILES string of the molecule is Cc1nc(CN(C)C(=O)c2ccc(Br)cc2)n[nH]1. The van der Waals surface area contributed by atoms with Crippen molar-refractivity contribution in [3.8, 4) is 0 Å². The van der Waals surface area contributed by atoms with Crippen LogP contribution in [0.5, 0.6) is 0 Å². The molecule has 0 aliphatic carbocycles. The van der Waals surface area contributed by atoms with Crippen molar-refractivity contribution in [2.75, 3.05) is 7.05 Å². The molecule has 0 atom stereocenters. The lowest BCUT2D eigenvalue weighted by molar-refractivity contribution is 0.0781. The average Bonchev–Trinajstić information content (AvgIpc) is 2.75. The molecule has 0 aliphatic heterocycles. The summed E-state index contributed by atoms with van der Waals surface area (Å²) in [6.07, 6.45) is 0. The summed E-state index contributed by atoms with van der Waals surface area (Å²) in [6, 6.07) is 7.26. The van der Waals surface area contributed by atoms with E-state index in [4.69, 9.17) is 0 Å². The number of hydrogen-bond acceptors (Lipinski definition) is 3. The van der Waals surface area contributed by atoms with Crippen molar-refractivity contribution in [1.29, 1.82) is 0 Å². The second kappa shape index (κ2) is 5.30. The molecule has 1 aromatic carbocycles. The minimum Gasteiger partial charge on any atom is -0.334 e. The van der Waals surface area contributed by atoms with Gasteiger partial charge in [0.2, 0.25) is 0 Å². The van der Waals surface area contributed by atoms with Crippen molar-refractivity contribution in [1.82, 2.24) is 20.1 Å². The first-order chi connectivity index (χ1) is 8.56. The molecule has 94 valence electrons. The van der Waals surface area contributed by atoms with E-state index in [-0.39, 0.29) is 5.91 Å². The van der Waals surface area contributed by atoms with Crippen LogP contribution in [-0.4, -0.2) is 33.0 Å². The van der Waals surface area contributed by atoms with Crippen LogP contribution in [0.3, 0.4) is 0 Å². The molecule has 2 rings (SSSR count). The van der Waals surface area contributed by atoms with Crippen molar-refractivity contribution >= 4 is 21.8 Å². The van der Waals surface area contributed by atoms with Gasteiger partial charge >= 0.3 is 0 Å². The summed E-state index contributed by atoms with van der Waals surface area (Å²) in [5.41, 5.74) is 0.646. The Balaban J connectivity index is 2.07. The normalized spacial score (nSPS) is 10.4. The molecule has 0 radical (unpaired) electrons. The van der Waals surface area contributed by atoms with E-state index < -0.39 is 0 Å². The minimum atomic E-state index is -0.0510. The van der Waals surface area contributed by atoms with Gasteiger partial charge in [0.15, 0.2) is 5.82 Å². The van der Waals surface area contributed by atoms with Gasteiger partial charge in [-0.3, -0.25) is 9.89 Å². The summed E-state index contributed by atoms with van der Waals surface area (Å²) < 4.78 is 0.950. The van der Waals surface area contributed by atoms with Crippen molar-refractivity contribution in [2.24, 2.45) is 0 Å². The Kier molecular flexibility index (Phi) is 3.76. The topological polar surface area (TPSA) is 61.9 Å². The van der Waals surface area contributed by atoms with Crippen molar-refractivity contribution < 1.29 is 4.79 Å². The number of carbonyl (C=O) groups excluding carboxylic acids is 1. The van der Waals surface area contributed by atoms with E-state index in [0.29, 0.717) is 17.9 Å². The Bertz CT molecular complexity index is 549. The molecule has 0 unspecified atom stereocenters. The number of aromatic amines is 1. The van der Waals surface area contributed by atoms with Crippen molar-refractivity contribution in [3.05, 3.63) is 46.0 Å². The predicted octanol–water partition coefficient (Wildman–Crippen LogP) is 2.15. The van der Waals surface area contributed by atoms with Gasteiger partial charge in [0.05, 0.1) is 6.54 Å². The van der Waals surface area contributed by atoms with Gasteiger partial charge in [0.1, 0.15) is 5.82 Å². The highest BCUT2D eigenvalue weighted by atomic mass is 79.9. The predicted molar refractivity (Wildman–Crippen MR) is 71.1 cm³/mol. The fourth-order valence-electron chi connectivity index (χ4n) is 1.56. The van der Waals surface area contributed by atoms with Crippen LogP contribution in [0.15, 0.2) is 28.7 Å². The molecule has 2 aromatic rings. The van der Waals surface area contributed by atoms with E-state index in [1.165, 1.54) is 0 Å². The number of rotatable bonds is 3. The van der Waals surface area contributed by atoms with Crippen LogP contribution in [0, 0.1) is 6.92 Å². The van der Waals surface area contributed by atoms with Crippen LogP contribution in [0.4, 0.5) is 0 Å². The Labute approximate surface area is 113 Å². The molecule has 5 nitrogen and oxygen atoms in total. The molecular formula is C12H13BrN4O. The number of halogens is 1. The zero-order chi connectivity index (χ0) is 13.1. The van der Waals surface area contributed by atoms with Gasteiger partial charge in [0.25, 0.3) is 5.91 Å². The molecule has 1 amide bonds. The number of aryl methyl sites for hydroxylation is 1. The van der Waals surface area contributed by atoms with Gasteiger partial charge < -0.3 is 4.90 Å². The highest BCUT2D eigenvalue weighted by Gasteiger charge is 2.13. The third-order valence-corrected chi connectivity index (χ3v) is 2.99. The fourth-order valence-corrected chi connectivity index (χ4v) is 1.82. The molecule has 1 N–H and O–H groups in total. The highest BCUT2D eigenvalue weighted by Crippen LogP contribution is 2.12. The molecule has 0 aliphatic rings. The lowest BCUT2D eigenvalue weighted by atomic mass is 10.2. The smallest absolute Gasteiger partial charge is 0.254 e. The third-order valence-electron chi connectivity index (χ3n) is 2.46. The maximum Gasteiger partial charge on any atom is 0.254 e. The van der Waals surface area contributed by atoms with Crippen LogP contribution >= 0.6 is 15.9 Å². The van der Waals surface area contributed by atoms with Gasteiger partial charge in [-0.05, 0) is 31.2 Å². The molecule has 0 fully saturated rings. The van der Waals surface area contributed by atoms with Crippen molar-refractivity contribution in [3.63, 3.8) is 0 Å². The summed E-state index contributed by atoms with van der Waals surface area (Å²) >= 11 is 3.34. The van der Waals surface area contributed by atoms with Crippen LogP contribution in [0.2, 0.25) is 0 Å². The number of H-pyrrole nitrogens is 1. The lowest BCUT2D eigenvalue weighted by Crippen LogP contribution is -2.26. The van der Waals surface area contributed by atoms with Gasteiger partial charge in [-0.15, -0.1) is 0 Å². The number of benzene rings is 1. The molecule has 18 heavy (non-hydrogen) atoms. The number of nitrogens with zero attached hydrogens (tertiary/aromatic N) is 3. The Hall–Kier alpha value is -1.69. The van der Waals surface area contributed by atoms with Crippen LogP contribution in [0.1, 0.15) is 22.0 Å². The van der Waals surface area contributed by atoms with E-state index in [1.807, 2.05) is 19.1 Å². The summed E-state index contributed by atoms with van der Waals surface area (Å²) in [5.74, 6) is 1.31. The summed E-state index contributed by atoms with van der Waals surface area (Å²) in [5, 5.41) is 6.76. The lowest BCUT2D eigenvalue weighted by Gasteiger charge is -2.15. The van der Waals surface area contributed by atoms with Gasteiger partial charge in [-0.2, -0.15) is 5.10 Å². The molecule has 1 heterocycles. The molecule has 0 bridgehead atoms. The maximum absolute atomic E-state index is 12.1. The van der Waals surface area contributed by atoms with E-state index in [2.05, 4.69) is 31.1 Å². The van der Waals surface area contributed by atoms with Crippen LogP contribution < -0.4 is 0 Å². The summed E-state index contributed by atoms with van der Waals surface area (Å²) in [7, 11) is 1.73. The summed E-state index contributed by atoms with van der Waals surface area (Å²) in [6.45, 7) is 2.21. The molecular weight excluding hydrogens is 296 g/mol. The standard InChI is InChI=1S/C12H13BrN4O/c1-8-14-11(16-15-8)7-17(2)12(18)9-3-5-10(13)6-4-9/h3-6H,7H2,1-2H3,(H,14,15,16). The first-order valence-corrected chi connectivity index (χ1v) is 6.24. The van der Waals surface area contributed by atoms with Gasteiger partial charge in [0, 0.05) is 17.1 Å². The first-order valence-electron chi connectivity index (χ1n) is 5.45. The van der Waals surface area contributed by atoms with E-state index >= 15 is 0 Å². The van der Waals surface area contributed by atoms with Gasteiger partial charge in [-0.25, -0.2) is 4.98 Å². The van der Waals surface area contributed by atoms with E-state index in [0.717, 1.165) is 10.3 Å². The zero-order valence-electron chi connectivity index (χ0n) is 10.1. The quantitative estimate of drug-likeness (QED) is 0.945. The van der Waals surface area contributed by atoms with Crippen molar-refractivity contribution in [2.45, 2.75) is 13.5 Å². The Morgan fingerprint density at radius 3 is 2.61 bits per heavy atom. The zero-order valence-corrected chi connectivity index (χ0v) is 11.7. The minimum absolute atomic E-state index is 0.0510.